The van der Waals surface area contributed by atoms with Gasteiger partial charge >= 0.3 is 0 Å². The standard InChI is InChI=1S/C26H26N4O3S/c1-18-3-5-19(6-4-18)22-11-16-34-24(22)26(31)30-14-12-29(13-15-30)17-23-27-25(28-33-23)20-7-9-21(32-2)10-8-20/h3-11,16H,12-15,17H2,1-2H3. The predicted molar refractivity (Wildman–Crippen MR) is 132 cm³/mol. The summed E-state index contributed by atoms with van der Waals surface area (Å²) < 4.78 is 10.7. The van der Waals surface area contributed by atoms with Crippen LogP contribution in [0.4, 0.5) is 0 Å². The smallest absolute Gasteiger partial charge is 0.264 e. The van der Waals surface area contributed by atoms with Crippen LogP contribution < -0.4 is 4.74 Å². The number of ether oxygens (including phenoxy) is 1. The van der Waals surface area contributed by atoms with Crippen molar-refractivity contribution in [3.8, 4) is 28.3 Å². The molecule has 1 fully saturated rings. The fourth-order valence-corrected chi connectivity index (χ4v) is 4.94. The minimum Gasteiger partial charge on any atom is -0.497 e. The number of aryl methyl sites for hydroxylation is 1. The molecule has 1 aliphatic heterocycles. The average molecular weight is 475 g/mol. The number of methoxy groups -OCH3 is 1. The van der Waals surface area contributed by atoms with Gasteiger partial charge in [-0.3, -0.25) is 9.69 Å². The Hall–Kier alpha value is -3.49. The lowest BCUT2D eigenvalue weighted by atomic mass is 10.0. The number of aromatic nitrogens is 2. The molecule has 0 unspecified atom stereocenters. The molecule has 0 radical (unpaired) electrons. The maximum Gasteiger partial charge on any atom is 0.264 e. The van der Waals surface area contributed by atoms with E-state index in [0.29, 0.717) is 31.3 Å². The minimum absolute atomic E-state index is 0.102. The van der Waals surface area contributed by atoms with Crippen molar-refractivity contribution in [1.82, 2.24) is 19.9 Å². The molecule has 34 heavy (non-hydrogen) atoms. The summed E-state index contributed by atoms with van der Waals surface area (Å²) in [7, 11) is 1.64. The SMILES string of the molecule is COc1ccc(-c2noc(CN3CCN(C(=O)c4sccc4-c4ccc(C)cc4)CC3)n2)cc1. The first kappa shape index (κ1) is 22.3. The van der Waals surface area contributed by atoms with Crippen molar-refractivity contribution in [2.45, 2.75) is 13.5 Å². The molecule has 0 bridgehead atoms. The second-order valence-corrected chi connectivity index (χ2v) is 9.25. The monoisotopic (exact) mass is 474 g/mol. The number of hydrogen-bond acceptors (Lipinski definition) is 7. The van der Waals surface area contributed by atoms with Gasteiger partial charge in [-0.25, -0.2) is 0 Å². The van der Waals surface area contributed by atoms with Crippen molar-refractivity contribution in [3.63, 3.8) is 0 Å². The number of thiophene rings is 1. The Balaban J connectivity index is 1.19. The highest BCUT2D eigenvalue weighted by molar-refractivity contribution is 7.12. The molecule has 1 amide bonds. The largest absolute Gasteiger partial charge is 0.497 e. The fraction of sp³-hybridized carbons (Fsp3) is 0.269. The van der Waals surface area contributed by atoms with E-state index in [1.54, 1.807) is 7.11 Å². The van der Waals surface area contributed by atoms with Crippen LogP contribution in [0, 0.1) is 6.92 Å². The third kappa shape index (κ3) is 4.73. The van der Waals surface area contributed by atoms with Gasteiger partial charge < -0.3 is 14.2 Å². The van der Waals surface area contributed by atoms with Crippen molar-refractivity contribution in [2.75, 3.05) is 33.3 Å². The summed E-state index contributed by atoms with van der Waals surface area (Å²) in [6.45, 7) is 5.50. The van der Waals surface area contributed by atoms with E-state index >= 15 is 0 Å². The predicted octanol–water partition coefficient (Wildman–Crippen LogP) is 4.74. The van der Waals surface area contributed by atoms with E-state index in [9.17, 15) is 4.79 Å². The van der Waals surface area contributed by atoms with E-state index in [-0.39, 0.29) is 5.91 Å². The van der Waals surface area contributed by atoms with E-state index < -0.39 is 0 Å². The van der Waals surface area contributed by atoms with Crippen LogP contribution >= 0.6 is 11.3 Å². The van der Waals surface area contributed by atoms with Gasteiger partial charge in [0, 0.05) is 37.3 Å². The molecule has 0 N–H and O–H groups in total. The van der Waals surface area contributed by atoms with Crippen LogP contribution in [0.5, 0.6) is 5.75 Å². The molecular formula is C26H26N4O3S. The van der Waals surface area contributed by atoms with Crippen LogP contribution in [0.3, 0.4) is 0 Å². The topological polar surface area (TPSA) is 71.7 Å². The highest BCUT2D eigenvalue weighted by atomic mass is 32.1. The van der Waals surface area contributed by atoms with Crippen molar-refractivity contribution >= 4 is 17.2 Å². The van der Waals surface area contributed by atoms with Crippen LogP contribution in [-0.4, -0.2) is 59.1 Å². The highest BCUT2D eigenvalue weighted by Crippen LogP contribution is 2.30. The first-order valence-corrected chi connectivity index (χ1v) is 12.1. The highest BCUT2D eigenvalue weighted by Gasteiger charge is 2.26. The Morgan fingerprint density at radius 3 is 2.41 bits per heavy atom. The molecule has 2 aromatic heterocycles. The zero-order valence-corrected chi connectivity index (χ0v) is 20.0. The van der Waals surface area contributed by atoms with Gasteiger partial charge in [-0.1, -0.05) is 35.0 Å². The molecule has 5 rings (SSSR count). The quantitative estimate of drug-likeness (QED) is 0.402. The van der Waals surface area contributed by atoms with E-state index in [1.807, 2.05) is 40.6 Å². The van der Waals surface area contributed by atoms with Crippen molar-refractivity contribution in [2.24, 2.45) is 0 Å². The summed E-state index contributed by atoms with van der Waals surface area (Å²) in [5, 5.41) is 6.11. The fourth-order valence-electron chi connectivity index (χ4n) is 4.06. The zero-order valence-electron chi connectivity index (χ0n) is 19.2. The Bertz CT molecular complexity index is 1260. The van der Waals surface area contributed by atoms with E-state index in [2.05, 4.69) is 46.2 Å². The number of piperazine rings is 1. The van der Waals surface area contributed by atoms with Gasteiger partial charge in [0.1, 0.15) is 5.75 Å². The molecular weight excluding hydrogens is 448 g/mol. The summed E-state index contributed by atoms with van der Waals surface area (Å²) >= 11 is 1.51. The maximum atomic E-state index is 13.3. The number of rotatable bonds is 6. The Morgan fingerprint density at radius 1 is 1.00 bits per heavy atom. The van der Waals surface area contributed by atoms with Gasteiger partial charge in [0.25, 0.3) is 5.91 Å². The number of carbonyl (C=O) groups is 1. The van der Waals surface area contributed by atoms with Gasteiger partial charge in [0.2, 0.25) is 11.7 Å². The molecule has 174 valence electrons. The molecule has 8 heteroatoms. The molecule has 0 atom stereocenters. The molecule has 1 saturated heterocycles. The van der Waals surface area contributed by atoms with Crippen LogP contribution in [0.2, 0.25) is 0 Å². The Labute approximate surface area is 202 Å². The molecule has 7 nitrogen and oxygen atoms in total. The molecule has 0 spiro atoms. The van der Waals surface area contributed by atoms with E-state index in [0.717, 1.165) is 40.4 Å². The number of carbonyl (C=O) groups excluding carboxylic acids is 1. The molecule has 1 aliphatic rings. The third-order valence-corrected chi connectivity index (χ3v) is 6.96. The summed E-state index contributed by atoms with van der Waals surface area (Å²) in [4.78, 5) is 22.8. The number of benzene rings is 2. The lowest BCUT2D eigenvalue weighted by molar-refractivity contribution is 0.0620. The molecule has 2 aromatic carbocycles. The number of amides is 1. The van der Waals surface area contributed by atoms with Crippen molar-refractivity contribution in [1.29, 1.82) is 0 Å². The van der Waals surface area contributed by atoms with Gasteiger partial charge in [0.05, 0.1) is 18.5 Å². The van der Waals surface area contributed by atoms with Crippen molar-refractivity contribution in [3.05, 3.63) is 76.3 Å². The summed E-state index contributed by atoms with van der Waals surface area (Å²) in [6.07, 6.45) is 0. The molecule has 0 saturated carbocycles. The molecule has 4 aromatic rings. The first-order chi connectivity index (χ1) is 16.6. The van der Waals surface area contributed by atoms with Crippen LogP contribution in [0.1, 0.15) is 21.1 Å². The van der Waals surface area contributed by atoms with Crippen LogP contribution in [0.15, 0.2) is 64.5 Å². The lowest BCUT2D eigenvalue weighted by Crippen LogP contribution is -2.48. The summed E-state index contributed by atoms with van der Waals surface area (Å²) in [5.41, 5.74) is 4.18. The zero-order chi connectivity index (χ0) is 23.5. The number of hydrogen-bond donors (Lipinski definition) is 0. The second kappa shape index (κ2) is 9.79. The average Bonchev–Trinajstić information content (AvgIpc) is 3.55. The van der Waals surface area contributed by atoms with Crippen molar-refractivity contribution < 1.29 is 14.1 Å². The lowest BCUT2D eigenvalue weighted by Gasteiger charge is -2.33. The Kier molecular flexibility index (Phi) is 6.42. The summed E-state index contributed by atoms with van der Waals surface area (Å²) in [5.74, 6) is 2.02. The van der Waals surface area contributed by atoms with Crippen LogP contribution in [0.25, 0.3) is 22.5 Å². The first-order valence-electron chi connectivity index (χ1n) is 11.2. The second-order valence-electron chi connectivity index (χ2n) is 8.34. The van der Waals surface area contributed by atoms with E-state index in [4.69, 9.17) is 9.26 Å². The minimum atomic E-state index is 0.102. The van der Waals surface area contributed by atoms with Crippen LogP contribution in [-0.2, 0) is 6.54 Å². The van der Waals surface area contributed by atoms with Gasteiger partial charge in [-0.15, -0.1) is 11.3 Å². The number of nitrogens with zero attached hydrogens (tertiary/aromatic N) is 4. The van der Waals surface area contributed by atoms with Gasteiger partial charge in [0.15, 0.2) is 0 Å². The molecule has 0 aliphatic carbocycles. The Morgan fingerprint density at radius 2 is 1.71 bits per heavy atom. The van der Waals surface area contributed by atoms with Gasteiger partial charge in [-0.05, 0) is 48.2 Å². The third-order valence-electron chi connectivity index (χ3n) is 6.06. The molecule has 3 heterocycles. The normalized spacial score (nSPS) is 14.4. The van der Waals surface area contributed by atoms with Gasteiger partial charge in [-0.2, -0.15) is 4.98 Å². The maximum absolute atomic E-state index is 13.3. The summed E-state index contributed by atoms with van der Waals surface area (Å²) in [6, 6.07) is 17.9. The van der Waals surface area contributed by atoms with E-state index in [1.165, 1.54) is 16.9 Å².